The van der Waals surface area contributed by atoms with Gasteiger partial charge in [0.2, 0.25) is 0 Å². The molecular formula is C20H30O. The Morgan fingerprint density at radius 1 is 1.00 bits per heavy atom. The first-order valence-electron chi connectivity index (χ1n) is 9.00. The van der Waals surface area contributed by atoms with E-state index in [1.54, 1.807) is 0 Å². The summed E-state index contributed by atoms with van der Waals surface area (Å²) in [6.45, 7) is 2.31. The summed E-state index contributed by atoms with van der Waals surface area (Å²) in [6, 6.07) is 10.9. The van der Waals surface area contributed by atoms with E-state index in [4.69, 9.17) is 0 Å². The lowest BCUT2D eigenvalue weighted by atomic mass is 9.62. The van der Waals surface area contributed by atoms with Crippen LogP contribution in [0.5, 0.6) is 0 Å². The van der Waals surface area contributed by atoms with E-state index in [0.29, 0.717) is 11.8 Å². The van der Waals surface area contributed by atoms with Crippen molar-refractivity contribution in [1.82, 2.24) is 0 Å². The monoisotopic (exact) mass is 286 g/mol. The van der Waals surface area contributed by atoms with Crippen molar-refractivity contribution in [3.05, 3.63) is 35.9 Å². The normalized spacial score (nSPS) is 37.3. The molecule has 1 N–H and O–H groups in total. The van der Waals surface area contributed by atoms with E-state index in [-0.39, 0.29) is 5.60 Å². The number of benzene rings is 1. The molecule has 1 aromatic carbocycles. The van der Waals surface area contributed by atoms with Crippen molar-refractivity contribution in [1.29, 1.82) is 0 Å². The fourth-order valence-corrected chi connectivity index (χ4v) is 4.95. The fraction of sp³-hybridized carbons (Fsp3) is 0.700. The minimum Gasteiger partial charge on any atom is -0.390 e. The maximum absolute atomic E-state index is 11.3. The Morgan fingerprint density at radius 2 is 1.67 bits per heavy atom. The quantitative estimate of drug-likeness (QED) is 0.800. The van der Waals surface area contributed by atoms with Crippen molar-refractivity contribution in [3.63, 3.8) is 0 Å². The predicted molar refractivity (Wildman–Crippen MR) is 88.3 cm³/mol. The highest BCUT2D eigenvalue weighted by molar-refractivity contribution is 5.20. The maximum Gasteiger partial charge on any atom is 0.0678 e. The standard InChI is InChI=1S/C20H30O/c1-2-16-8-6-7-11-19(16)20(21)14-12-18(13-15-20)17-9-4-3-5-10-17/h3-5,9-10,16,18-19,21H,2,6-8,11-15H2,1H3. The van der Waals surface area contributed by atoms with Crippen LogP contribution in [0.4, 0.5) is 0 Å². The van der Waals surface area contributed by atoms with Crippen molar-refractivity contribution in [2.45, 2.75) is 76.2 Å². The summed E-state index contributed by atoms with van der Waals surface area (Å²) in [7, 11) is 0. The molecule has 0 bridgehead atoms. The van der Waals surface area contributed by atoms with Crippen LogP contribution in [0.3, 0.4) is 0 Å². The first-order chi connectivity index (χ1) is 10.2. The molecule has 116 valence electrons. The molecule has 0 amide bonds. The summed E-state index contributed by atoms with van der Waals surface area (Å²) in [5, 5.41) is 11.3. The lowest BCUT2D eigenvalue weighted by Gasteiger charge is -2.47. The van der Waals surface area contributed by atoms with Crippen LogP contribution < -0.4 is 0 Å². The summed E-state index contributed by atoms with van der Waals surface area (Å²) in [6.07, 6.45) is 10.9. The zero-order valence-corrected chi connectivity index (χ0v) is 13.4. The molecular weight excluding hydrogens is 256 g/mol. The van der Waals surface area contributed by atoms with Crippen LogP contribution >= 0.6 is 0 Å². The van der Waals surface area contributed by atoms with Crippen molar-refractivity contribution in [3.8, 4) is 0 Å². The van der Waals surface area contributed by atoms with Crippen LogP contribution in [0.25, 0.3) is 0 Å². The molecule has 1 nitrogen and oxygen atoms in total. The third-order valence-electron chi connectivity index (χ3n) is 6.25. The van der Waals surface area contributed by atoms with Crippen LogP contribution in [0.1, 0.15) is 76.2 Å². The highest BCUT2D eigenvalue weighted by Crippen LogP contribution is 2.48. The van der Waals surface area contributed by atoms with Crippen LogP contribution in [-0.4, -0.2) is 10.7 Å². The second-order valence-corrected chi connectivity index (χ2v) is 7.35. The minimum absolute atomic E-state index is 0.369. The zero-order valence-electron chi connectivity index (χ0n) is 13.4. The van der Waals surface area contributed by atoms with E-state index in [0.717, 1.165) is 31.6 Å². The van der Waals surface area contributed by atoms with Gasteiger partial charge in [0.15, 0.2) is 0 Å². The van der Waals surface area contributed by atoms with Crippen molar-refractivity contribution in [2.75, 3.05) is 0 Å². The molecule has 0 heterocycles. The van der Waals surface area contributed by atoms with Gasteiger partial charge in [-0.05, 0) is 55.4 Å². The lowest BCUT2D eigenvalue weighted by Crippen LogP contribution is -2.45. The average molecular weight is 286 g/mol. The first-order valence-corrected chi connectivity index (χ1v) is 9.00. The molecule has 2 saturated carbocycles. The van der Waals surface area contributed by atoms with Crippen molar-refractivity contribution >= 4 is 0 Å². The van der Waals surface area contributed by atoms with Gasteiger partial charge >= 0.3 is 0 Å². The summed E-state index contributed by atoms with van der Waals surface area (Å²) < 4.78 is 0. The SMILES string of the molecule is CCC1CCCCC1C1(O)CCC(c2ccccc2)CC1. The second kappa shape index (κ2) is 6.52. The Hall–Kier alpha value is -0.820. The Kier molecular flexibility index (Phi) is 4.69. The van der Waals surface area contributed by atoms with Gasteiger partial charge in [0.1, 0.15) is 0 Å². The molecule has 0 spiro atoms. The first kappa shape index (κ1) is 15.1. The van der Waals surface area contributed by atoms with Crippen molar-refractivity contribution in [2.24, 2.45) is 11.8 Å². The third kappa shape index (κ3) is 3.18. The molecule has 0 saturated heterocycles. The molecule has 2 aliphatic rings. The van der Waals surface area contributed by atoms with Gasteiger partial charge in [-0.15, -0.1) is 0 Å². The molecule has 0 aromatic heterocycles. The maximum atomic E-state index is 11.3. The highest BCUT2D eigenvalue weighted by atomic mass is 16.3. The smallest absolute Gasteiger partial charge is 0.0678 e. The topological polar surface area (TPSA) is 20.2 Å². The summed E-state index contributed by atoms with van der Waals surface area (Å²) in [4.78, 5) is 0. The Labute approximate surface area is 129 Å². The van der Waals surface area contributed by atoms with E-state index in [9.17, 15) is 5.11 Å². The number of hydrogen-bond acceptors (Lipinski definition) is 1. The van der Waals surface area contributed by atoms with Gasteiger partial charge in [0.05, 0.1) is 5.60 Å². The van der Waals surface area contributed by atoms with E-state index >= 15 is 0 Å². The van der Waals surface area contributed by atoms with Gasteiger partial charge in [0.25, 0.3) is 0 Å². The highest BCUT2D eigenvalue weighted by Gasteiger charge is 2.43. The summed E-state index contributed by atoms with van der Waals surface area (Å²) in [5.41, 5.74) is 1.10. The van der Waals surface area contributed by atoms with Crippen LogP contribution in [-0.2, 0) is 0 Å². The van der Waals surface area contributed by atoms with Gasteiger partial charge in [-0.1, -0.05) is 62.9 Å². The molecule has 2 unspecified atom stereocenters. The van der Waals surface area contributed by atoms with Crippen LogP contribution in [0.15, 0.2) is 30.3 Å². The summed E-state index contributed by atoms with van der Waals surface area (Å²) >= 11 is 0. The van der Waals surface area contributed by atoms with Crippen LogP contribution in [0.2, 0.25) is 0 Å². The van der Waals surface area contributed by atoms with E-state index in [2.05, 4.69) is 37.3 Å². The van der Waals surface area contributed by atoms with Gasteiger partial charge < -0.3 is 5.11 Å². The zero-order chi connectivity index (χ0) is 14.7. The number of hydrogen-bond donors (Lipinski definition) is 1. The molecule has 2 aliphatic carbocycles. The molecule has 3 rings (SSSR count). The fourth-order valence-electron chi connectivity index (χ4n) is 4.95. The van der Waals surface area contributed by atoms with E-state index in [1.165, 1.54) is 37.7 Å². The van der Waals surface area contributed by atoms with E-state index in [1.807, 2.05) is 0 Å². The van der Waals surface area contributed by atoms with Crippen molar-refractivity contribution < 1.29 is 5.11 Å². The molecule has 1 heteroatoms. The molecule has 2 fully saturated rings. The molecule has 0 radical (unpaired) electrons. The Balaban J connectivity index is 1.66. The van der Waals surface area contributed by atoms with Gasteiger partial charge in [-0.25, -0.2) is 0 Å². The minimum atomic E-state index is -0.369. The number of aliphatic hydroxyl groups is 1. The van der Waals surface area contributed by atoms with Gasteiger partial charge in [0, 0.05) is 0 Å². The largest absolute Gasteiger partial charge is 0.390 e. The molecule has 2 atom stereocenters. The predicted octanol–water partition coefficient (Wildman–Crippen LogP) is 5.29. The van der Waals surface area contributed by atoms with Crippen LogP contribution in [0, 0.1) is 11.8 Å². The molecule has 1 aromatic rings. The molecule has 0 aliphatic heterocycles. The number of rotatable bonds is 3. The Bertz CT molecular complexity index is 430. The molecule has 21 heavy (non-hydrogen) atoms. The average Bonchev–Trinajstić information content (AvgIpc) is 2.56. The van der Waals surface area contributed by atoms with Gasteiger partial charge in [-0.3, -0.25) is 0 Å². The summed E-state index contributed by atoms with van der Waals surface area (Å²) in [5.74, 6) is 1.99. The second-order valence-electron chi connectivity index (χ2n) is 7.35. The lowest BCUT2D eigenvalue weighted by molar-refractivity contribution is -0.0858. The van der Waals surface area contributed by atoms with Gasteiger partial charge in [-0.2, -0.15) is 0 Å². The van der Waals surface area contributed by atoms with E-state index < -0.39 is 0 Å². The third-order valence-corrected chi connectivity index (χ3v) is 6.25. The Morgan fingerprint density at radius 3 is 2.33 bits per heavy atom.